The Labute approximate surface area is 204 Å². The maximum atomic E-state index is 13.5. The van der Waals surface area contributed by atoms with Crippen molar-refractivity contribution in [3.8, 4) is 0 Å². The number of urea groups is 1. The lowest BCUT2D eigenvalue weighted by molar-refractivity contribution is -0.133. The number of nitrogens with one attached hydrogen (secondary N) is 1. The molecule has 0 radical (unpaired) electrons. The zero-order chi connectivity index (χ0) is 24.3. The molecule has 0 bridgehead atoms. The van der Waals surface area contributed by atoms with Crippen LogP contribution in [-0.2, 0) is 22.6 Å². The van der Waals surface area contributed by atoms with Crippen LogP contribution in [0.4, 0.5) is 14.9 Å². The summed E-state index contributed by atoms with van der Waals surface area (Å²) in [4.78, 5) is 30.8. The molecule has 0 spiro atoms. The van der Waals surface area contributed by atoms with E-state index in [1.807, 2.05) is 36.6 Å². The molecule has 3 aromatic rings. The predicted octanol–water partition coefficient (Wildman–Crippen LogP) is 5.30. The number of rotatable bonds is 11. The number of thiophene rings is 1. The number of benzene rings is 2. The van der Waals surface area contributed by atoms with E-state index >= 15 is 0 Å². The van der Waals surface area contributed by atoms with Crippen LogP contribution in [0.15, 0.2) is 66.0 Å². The number of aryl methyl sites for hydroxylation is 1. The van der Waals surface area contributed by atoms with Gasteiger partial charge < -0.3 is 19.9 Å². The van der Waals surface area contributed by atoms with Crippen LogP contribution in [0.3, 0.4) is 0 Å². The van der Waals surface area contributed by atoms with E-state index in [0.717, 1.165) is 16.0 Å². The Morgan fingerprint density at radius 2 is 1.74 bits per heavy atom. The molecule has 3 amide bonds. The van der Waals surface area contributed by atoms with Crippen molar-refractivity contribution in [2.24, 2.45) is 0 Å². The van der Waals surface area contributed by atoms with E-state index in [-0.39, 0.29) is 24.3 Å². The Hall–Kier alpha value is -3.23. The molecule has 0 unspecified atom stereocenters. The smallest absolute Gasteiger partial charge is 0.322 e. The Morgan fingerprint density at radius 3 is 2.38 bits per heavy atom. The second kappa shape index (κ2) is 12.9. The van der Waals surface area contributed by atoms with E-state index in [2.05, 4.69) is 5.32 Å². The number of anilines is 1. The quantitative estimate of drug-likeness (QED) is 0.377. The van der Waals surface area contributed by atoms with E-state index < -0.39 is 0 Å². The number of hydrogen-bond donors (Lipinski definition) is 1. The summed E-state index contributed by atoms with van der Waals surface area (Å²) in [6.07, 6.45) is 0.605. The highest BCUT2D eigenvalue weighted by Gasteiger charge is 2.22. The molecule has 6 nitrogen and oxygen atoms in total. The van der Waals surface area contributed by atoms with Gasteiger partial charge in [0.2, 0.25) is 5.91 Å². The van der Waals surface area contributed by atoms with Crippen molar-refractivity contribution in [1.82, 2.24) is 9.80 Å². The van der Waals surface area contributed by atoms with Gasteiger partial charge in [0.1, 0.15) is 12.4 Å². The molecule has 0 atom stereocenters. The molecule has 0 saturated carbocycles. The first-order valence-corrected chi connectivity index (χ1v) is 12.0. The van der Waals surface area contributed by atoms with Crippen LogP contribution >= 0.6 is 11.3 Å². The van der Waals surface area contributed by atoms with Gasteiger partial charge in [-0.15, -0.1) is 11.3 Å². The molecule has 0 saturated heterocycles. The molecule has 3 rings (SSSR count). The zero-order valence-electron chi connectivity index (χ0n) is 19.5. The fourth-order valence-corrected chi connectivity index (χ4v) is 4.34. The molecule has 34 heavy (non-hydrogen) atoms. The number of halogens is 1. The lowest BCUT2D eigenvalue weighted by Gasteiger charge is -2.28. The van der Waals surface area contributed by atoms with Crippen molar-refractivity contribution >= 4 is 29.0 Å². The first-order chi connectivity index (χ1) is 16.5. The third-order valence-electron chi connectivity index (χ3n) is 5.36. The van der Waals surface area contributed by atoms with E-state index in [0.29, 0.717) is 38.3 Å². The lowest BCUT2D eigenvalue weighted by atomic mass is 10.2. The van der Waals surface area contributed by atoms with Gasteiger partial charge in [-0.25, -0.2) is 9.18 Å². The van der Waals surface area contributed by atoms with Crippen molar-refractivity contribution in [3.63, 3.8) is 0 Å². The van der Waals surface area contributed by atoms with Crippen LogP contribution in [0.25, 0.3) is 0 Å². The molecule has 0 aliphatic heterocycles. The number of para-hydroxylation sites is 1. The monoisotopic (exact) mass is 483 g/mol. The summed E-state index contributed by atoms with van der Waals surface area (Å²) >= 11 is 1.59. The van der Waals surface area contributed by atoms with Crippen molar-refractivity contribution in [1.29, 1.82) is 0 Å². The van der Waals surface area contributed by atoms with Gasteiger partial charge in [-0.3, -0.25) is 4.79 Å². The first-order valence-electron chi connectivity index (χ1n) is 11.1. The molecule has 0 fully saturated rings. The van der Waals surface area contributed by atoms with E-state index in [1.54, 1.807) is 47.6 Å². The van der Waals surface area contributed by atoms with Gasteiger partial charge in [0.25, 0.3) is 0 Å². The largest absolute Gasteiger partial charge is 0.385 e. The number of nitrogens with zero attached hydrogens (tertiary/aromatic N) is 2. The van der Waals surface area contributed by atoms with Gasteiger partial charge in [-0.05, 0) is 60.2 Å². The number of hydrogen-bond acceptors (Lipinski definition) is 4. The van der Waals surface area contributed by atoms with Gasteiger partial charge >= 0.3 is 6.03 Å². The molecular formula is C26H30FN3O3S. The summed E-state index contributed by atoms with van der Waals surface area (Å²) in [6.45, 7) is 3.54. The number of methoxy groups -OCH3 is 1. The molecule has 0 aliphatic rings. The molecular weight excluding hydrogens is 453 g/mol. The van der Waals surface area contributed by atoms with Crippen LogP contribution in [-0.4, -0.2) is 48.5 Å². The average molecular weight is 484 g/mol. The molecule has 8 heteroatoms. The van der Waals surface area contributed by atoms with Gasteiger partial charge in [-0.1, -0.05) is 30.3 Å². The van der Waals surface area contributed by atoms with E-state index in [9.17, 15) is 14.0 Å². The molecule has 1 aromatic heterocycles. The number of carbonyl (C=O) groups excluding carboxylic acids is 2. The minimum Gasteiger partial charge on any atom is -0.385 e. The Balaban J connectivity index is 1.76. The van der Waals surface area contributed by atoms with Crippen LogP contribution in [0.5, 0.6) is 0 Å². The van der Waals surface area contributed by atoms with E-state index in [1.165, 1.54) is 17.0 Å². The van der Waals surface area contributed by atoms with Gasteiger partial charge in [0, 0.05) is 37.4 Å². The average Bonchev–Trinajstić information content (AvgIpc) is 3.24. The molecule has 1 heterocycles. The molecule has 0 aliphatic carbocycles. The van der Waals surface area contributed by atoms with Gasteiger partial charge in [0.05, 0.1) is 6.54 Å². The van der Waals surface area contributed by atoms with Crippen LogP contribution < -0.4 is 5.32 Å². The molecule has 1 N–H and O–H groups in total. The number of ether oxygens (including phenoxy) is 1. The summed E-state index contributed by atoms with van der Waals surface area (Å²) in [5, 5.41) is 4.86. The van der Waals surface area contributed by atoms with Gasteiger partial charge in [-0.2, -0.15) is 0 Å². The van der Waals surface area contributed by atoms with Crippen LogP contribution in [0.2, 0.25) is 0 Å². The number of carbonyl (C=O) groups is 2. The van der Waals surface area contributed by atoms with Crippen molar-refractivity contribution in [3.05, 3.63) is 87.9 Å². The fourth-order valence-electron chi connectivity index (χ4n) is 3.42. The second-order valence-electron chi connectivity index (χ2n) is 7.97. The Morgan fingerprint density at radius 1 is 1.00 bits per heavy atom. The maximum Gasteiger partial charge on any atom is 0.322 e. The number of amides is 3. The highest BCUT2D eigenvalue weighted by molar-refractivity contribution is 7.10. The lowest BCUT2D eigenvalue weighted by Crippen LogP contribution is -2.44. The van der Waals surface area contributed by atoms with Crippen LogP contribution in [0, 0.1) is 12.7 Å². The topological polar surface area (TPSA) is 61.9 Å². The first kappa shape index (κ1) is 25.4. The summed E-state index contributed by atoms with van der Waals surface area (Å²) in [5.41, 5.74) is 2.60. The summed E-state index contributed by atoms with van der Waals surface area (Å²) in [5.74, 6) is -0.504. The summed E-state index contributed by atoms with van der Waals surface area (Å²) in [7, 11) is 1.60. The van der Waals surface area contributed by atoms with Crippen molar-refractivity contribution in [2.45, 2.75) is 26.4 Å². The third kappa shape index (κ3) is 7.67. The minimum absolute atomic E-state index is 0.0754. The summed E-state index contributed by atoms with van der Waals surface area (Å²) in [6, 6.07) is 16.9. The summed E-state index contributed by atoms with van der Waals surface area (Å²) < 4.78 is 18.5. The SMILES string of the molecule is COCCCN(CC(=O)N(Cc1ccc(F)cc1)Cc1sccc1C)C(=O)Nc1ccccc1. The molecule has 180 valence electrons. The minimum atomic E-state index is -0.343. The second-order valence-corrected chi connectivity index (χ2v) is 8.97. The molecule has 2 aromatic carbocycles. The Kier molecular flexibility index (Phi) is 9.61. The van der Waals surface area contributed by atoms with E-state index in [4.69, 9.17) is 4.74 Å². The Bertz CT molecular complexity index is 1060. The maximum absolute atomic E-state index is 13.5. The third-order valence-corrected chi connectivity index (χ3v) is 6.36. The standard InChI is InChI=1S/C26H30FN3O3S/c1-20-13-16-34-24(20)18-30(17-21-9-11-22(27)12-10-21)25(31)19-29(14-6-15-33-2)26(32)28-23-7-4-3-5-8-23/h3-5,7-13,16H,6,14-15,17-19H2,1-2H3,(H,28,32). The van der Waals surface area contributed by atoms with Gasteiger partial charge in [0.15, 0.2) is 0 Å². The highest BCUT2D eigenvalue weighted by atomic mass is 32.1. The van der Waals surface area contributed by atoms with Crippen molar-refractivity contribution in [2.75, 3.05) is 32.1 Å². The normalized spacial score (nSPS) is 10.7. The van der Waals surface area contributed by atoms with Crippen LogP contribution in [0.1, 0.15) is 22.4 Å². The fraction of sp³-hybridized carbons (Fsp3) is 0.308. The highest BCUT2D eigenvalue weighted by Crippen LogP contribution is 2.20. The van der Waals surface area contributed by atoms with Crippen molar-refractivity contribution < 1.29 is 18.7 Å². The zero-order valence-corrected chi connectivity index (χ0v) is 20.3. The predicted molar refractivity (Wildman–Crippen MR) is 133 cm³/mol.